The van der Waals surface area contributed by atoms with E-state index in [1.807, 2.05) is 24.3 Å². The fourth-order valence-electron chi connectivity index (χ4n) is 2.21. The van der Waals surface area contributed by atoms with Crippen molar-refractivity contribution in [1.82, 2.24) is 4.90 Å². The van der Waals surface area contributed by atoms with Crippen LogP contribution in [0.25, 0.3) is 0 Å². The number of nitrogens with two attached hydrogens (primary N) is 1. The highest BCUT2D eigenvalue weighted by atomic mass is 32.2. The Morgan fingerprint density at radius 1 is 1.26 bits per heavy atom. The first kappa shape index (κ1) is 14.0. The fraction of sp³-hybridized carbons (Fsp3) is 0.462. The van der Waals surface area contributed by atoms with Gasteiger partial charge in [-0.2, -0.15) is 0 Å². The van der Waals surface area contributed by atoms with Crippen molar-refractivity contribution in [3.8, 4) is 0 Å². The van der Waals surface area contributed by atoms with E-state index in [1.165, 1.54) is 5.56 Å². The van der Waals surface area contributed by atoms with E-state index in [2.05, 4.69) is 6.92 Å². The lowest BCUT2D eigenvalue weighted by atomic mass is 10.1. The molecule has 104 valence electrons. The summed E-state index contributed by atoms with van der Waals surface area (Å²) in [6, 6.07) is 7.98. The number of carbonyl (C=O) groups is 1. The first-order chi connectivity index (χ1) is 8.90. The Bertz CT molecular complexity index is 566. The molecule has 1 atom stereocenters. The Kier molecular flexibility index (Phi) is 3.91. The van der Waals surface area contributed by atoms with Crippen LogP contribution in [0.2, 0.25) is 0 Å². The largest absolute Gasteiger partial charge is 0.337 e. The van der Waals surface area contributed by atoms with E-state index in [1.54, 1.807) is 4.90 Å². The summed E-state index contributed by atoms with van der Waals surface area (Å²) in [4.78, 5) is 13.3. The molecule has 1 aliphatic rings. The standard InChI is InChI=1S/C13H18N2O3S/c1-2-10-3-5-11(6-4-10)8-15-9-12(7-13(15)16)19(14,17)18/h3-6,12H,2,7-9H2,1H3,(H2,14,17,18). The maximum absolute atomic E-state index is 11.8. The van der Waals surface area contributed by atoms with Gasteiger partial charge in [0.05, 0.1) is 0 Å². The summed E-state index contributed by atoms with van der Waals surface area (Å²) in [5, 5.41) is 4.32. The molecule has 1 aliphatic heterocycles. The van der Waals surface area contributed by atoms with E-state index in [-0.39, 0.29) is 18.9 Å². The van der Waals surface area contributed by atoms with E-state index in [9.17, 15) is 13.2 Å². The lowest BCUT2D eigenvalue weighted by molar-refractivity contribution is -0.128. The fourth-order valence-corrected chi connectivity index (χ4v) is 2.97. The molecule has 2 rings (SSSR count). The number of benzene rings is 1. The molecule has 1 fully saturated rings. The summed E-state index contributed by atoms with van der Waals surface area (Å²) >= 11 is 0. The molecule has 2 N–H and O–H groups in total. The number of amides is 1. The minimum atomic E-state index is -3.63. The average molecular weight is 282 g/mol. The third-order valence-electron chi connectivity index (χ3n) is 3.45. The summed E-state index contributed by atoms with van der Waals surface area (Å²) in [5.74, 6) is -0.154. The molecule has 0 radical (unpaired) electrons. The predicted molar refractivity (Wildman–Crippen MR) is 72.7 cm³/mol. The van der Waals surface area contributed by atoms with Gasteiger partial charge in [-0.25, -0.2) is 13.6 Å². The minimum absolute atomic E-state index is 0.00806. The van der Waals surface area contributed by atoms with Gasteiger partial charge in [0.25, 0.3) is 0 Å². The number of aryl methyl sites for hydroxylation is 1. The molecule has 0 spiro atoms. The van der Waals surface area contributed by atoms with Crippen LogP contribution in [0, 0.1) is 0 Å². The third kappa shape index (κ3) is 3.33. The van der Waals surface area contributed by atoms with Crippen LogP contribution in [0.3, 0.4) is 0 Å². The van der Waals surface area contributed by atoms with Crippen molar-refractivity contribution in [2.24, 2.45) is 5.14 Å². The van der Waals surface area contributed by atoms with Crippen LogP contribution in [-0.2, 0) is 27.8 Å². The van der Waals surface area contributed by atoms with Crippen molar-refractivity contribution in [3.63, 3.8) is 0 Å². The molecular weight excluding hydrogens is 264 g/mol. The van der Waals surface area contributed by atoms with Gasteiger partial charge >= 0.3 is 0 Å². The molecular formula is C13H18N2O3S. The summed E-state index contributed by atoms with van der Waals surface area (Å²) in [6.45, 7) is 2.71. The van der Waals surface area contributed by atoms with E-state index < -0.39 is 15.3 Å². The smallest absolute Gasteiger partial charge is 0.224 e. The number of hydrogen-bond donors (Lipinski definition) is 1. The van der Waals surface area contributed by atoms with Gasteiger partial charge in [-0.05, 0) is 17.5 Å². The molecule has 5 nitrogen and oxygen atoms in total. The molecule has 1 unspecified atom stereocenters. The zero-order valence-electron chi connectivity index (χ0n) is 10.9. The van der Waals surface area contributed by atoms with Crippen molar-refractivity contribution in [3.05, 3.63) is 35.4 Å². The number of rotatable bonds is 4. The molecule has 1 heterocycles. The van der Waals surface area contributed by atoms with Crippen LogP contribution in [0.5, 0.6) is 0 Å². The number of primary sulfonamides is 1. The molecule has 1 aromatic carbocycles. The van der Waals surface area contributed by atoms with Gasteiger partial charge < -0.3 is 4.90 Å². The molecule has 1 amide bonds. The monoisotopic (exact) mass is 282 g/mol. The van der Waals surface area contributed by atoms with Gasteiger partial charge in [-0.1, -0.05) is 31.2 Å². The maximum Gasteiger partial charge on any atom is 0.224 e. The molecule has 0 aromatic heterocycles. The first-order valence-electron chi connectivity index (χ1n) is 6.27. The number of carbonyl (C=O) groups excluding carboxylic acids is 1. The van der Waals surface area contributed by atoms with Crippen LogP contribution in [-0.4, -0.2) is 31.0 Å². The summed E-state index contributed by atoms with van der Waals surface area (Å²) in [5.41, 5.74) is 2.24. The first-order valence-corrected chi connectivity index (χ1v) is 7.88. The molecule has 0 saturated carbocycles. The average Bonchev–Trinajstić information content (AvgIpc) is 2.72. The van der Waals surface area contributed by atoms with Crippen LogP contribution >= 0.6 is 0 Å². The normalized spacial score (nSPS) is 20.0. The van der Waals surface area contributed by atoms with E-state index >= 15 is 0 Å². The summed E-state index contributed by atoms with van der Waals surface area (Å²) in [7, 11) is -3.63. The quantitative estimate of drug-likeness (QED) is 0.880. The lowest BCUT2D eigenvalue weighted by Gasteiger charge is -2.16. The van der Waals surface area contributed by atoms with Gasteiger partial charge in [0.1, 0.15) is 5.25 Å². The Balaban J connectivity index is 2.05. The van der Waals surface area contributed by atoms with Crippen LogP contribution in [0.4, 0.5) is 0 Å². The zero-order chi connectivity index (χ0) is 14.0. The highest BCUT2D eigenvalue weighted by Crippen LogP contribution is 2.19. The van der Waals surface area contributed by atoms with E-state index in [0.717, 1.165) is 12.0 Å². The SMILES string of the molecule is CCc1ccc(CN2CC(S(N)(=O)=O)CC2=O)cc1. The minimum Gasteiger partial charge on any atom is -0.337 e. The number of nitrogens with zero attached hydrogens (tertiary/aromatic N) is 1. The topological polar surface area (TPSA) is 80.5 Å². The van der Waals surface area contributed by atoms with Gasteiger partial charge in [0, 0.05) is 19.5 Å². The predicted octanol–water partition coefficient (Wildman–Crippen LogP) is 0.638. The lowest BCUT2D eigenvalue weighted by Crippen LogP contribution is -2.31. The van der Waals surface area contributed by atoms with Crippen molar-refractivity contribution >= 4 is 15.9 Å². The molecule has 1 aromatic rings. The highest BCUT2D eigenvalue weighted by Gasteiger charge is 2.36. The number of likely N-dealkylation sites (tertiary alicyclic amines) is 1. The van der Waals surface area contributed by atoms with Gasteiger partial charge in [-0.3, -0.25) is 4.79 Å². The van der Waals surface area contributed by atoms with Gasteiger partial charge in [0.15, 0.2) is 0 Å². The Hall–Kier alpha value is -1.40. The second kappa shape index (κ2) is 5.30. The third-order valence-corrected chi connectivity index (χ3v) is 4.69. The molecule has 6 heteroatoms. The summed E-state index contributed by atoms with van der Waals surface area (Å²) < 4.78 is 22.5. The number of sulfonamides is 1. The van der Waals surface area contributed by atoms with E-state index in [4.69, 9.17) is 5.14 Å². The second-order valence-corrected chi connectivity index (χ2v) is 6.70. The number of hydrogen-bond acceptors (Lipinski definition) is 3. The van der Waals surface area contributed by atoms with Crippen molar-refractivity contribution in [1.29, 1.82) is 0 Å². The second-order valence-electron chi connectivity index (χ2n) is 4.86. The van der Waals surface area contributed by atoms with Gasteiger partial charge in [0.2, 0.25) is 15.9 Å². The van der Waals surface area contributed by atoms with Crippen molar-refractivity contribution < 1.29 is 13.2 Å². The Morgan fingerprint density at radius 3 is 2.32 bits per heavy atom. The van der Waals surface area contributed by atoms with Crippen LogP contribution < -0.4 is 5.14 Å². The maximum atomic E-state index is 11.8. The highest BCUT2D eigenvalue weighted by molar-refractivity contribution is 7.89. The zero-order valence-corrected chi connectivity index (χ0v) is 11.7. The van der Waals surface area contributed by atoms with Crippen LogP contribution in [0.15, 0.2) is 24.3 Å². The molecule has 1 saturated heterocycles. The van der Waals surface area contributed by atoms with Gasteiger partial charge in [-0.15, -0.1) is 0 Å². The molecule has 19 heavy (non-hydrogen) atoms. The molecule has 0 aliphatic carbocycles. The Morgan fingerprint density at radius 2 is 1.84 bits per heavy atom. The van der Waals surface area contributed by atoms with Crippen LogP contribution in [0.1, 0.15) is 24.5 Å². The summed E-state index contributed by atoms with van der Waals surface area (Å²) in [6.07, 6.45) is 0.961. The van der Waals surface area contributed by atoms with Crippen molar-refractivity contribution in [2.45, 2.75) is 31.6 Å². The van der Waals surface area contributed by atoms with Crippen molar-refractivity contribution in [2.75, 3.05) is 6.54 Å². The van der Waals surface area contributed by atoms with E-state index in [0.29, 0.717) is 6.54 Å². The Labute approximate surface area is 113 Å². The molecule has 0 bridgehead atoms.